The van der Waals surface area contributed by atoms with E-state index >= 15 is 0 Å². The van der Waals surface area contributed by atoms with Crippen LogP contribution in [0.4, 0.5) is 10.8 Å². The van der Waals surface area contributed by atoms with E-state index in [0.717, 1.165) is 11.3 Å². The van der Waals surface area contributed by atoms with Gasteiger partial charge in [-0.05, 0) is 24.3 Å². The van der Waals surface area contributed by atoms with Crippen LogP contribution in [0.3, 0.4) is 0 Å². The van der Waals surface area contributed by atoms with E-state index in [1.807, 2.05) is 14.1 Å². The van der Waals surface area contributed by atoms with Gasteiger partial charge in [-0.25, -0.2) is 9.78 Å². The lowest BCUT2D eigenvalue weighted by Gasteiger charge is -2.14. The molecule has 1 amide bonds. The number of pyridine rings is 1. The second-order valence-corrected chi connectivity index (χ2v) is 5.46. The Balaban J connectivity index is 2.19. The van der Waals surface area contributed by atoms with E-state index < -0.39 is 5.97 Å². The molecule has 0 aliphatic carbocycles. The summed E-state index contributed by atoms with van der Waals surface area (Å²) in [5.74, 6) is -0.110. The monoisotopic (exact) mass is 305 g/mol. The minimum absolute atomic E-state index is 0.273. The van der Waals surface area contributed by atoms with E-state index in [4.69, 9.17) is 0 Å². The van der Waals surface area contributed by atoms with Crippen LogP contribution in [0.2, 0.25) is 0 Å². The van der Waals surface area contributed by atoms with Gasteiger partial charge in [0.05, 0.1) is 17.7 Å². The average molecular weight is 305 g/mol. The van der Waals surface area contributed by atoms with Crippen molar-refractivity contribution in [1.82, 2.24) is 4.98 Å². The molecule has 0 saturated heterocycles. The summed E-state index contributed by atoms with van der Waals surface area (Å²) in [4.78, 5) is 30.1. The number of anilines is 2. The fourth-order valence-corrected chi connectivity index (χ4v) is 2.54. The Bertz CT molecular complexity index is 667. The zero-order chi connectivity index (χ0) is 15.4. The highest BCUT2D eigenvalue weighted by molar-refractivity contribution is 7.18. The van der Waals surface area contributed by atoms with Crippen LogP contribution in [0.1, 0.15) is 20.0 Å². The van der Waals surface area contributed by atoms with E-state index in [9.17, 15) is 9.59 Å². The molecule has 6 nitrogen and oxygen atoms in total. The number of methoxy groups -OCH3 is 1. The molecule has 2 rings (SSSR count). The molecule has 0 saturated carbocycles. The quantitative estimate of drug-likeness (QED) is 0.877. The summed E-state index contributed by atoms with van der Waals surface area (Å²) in [7, 11) is 4.96. The molecule has 0 fully saturated rings. The van der Waals surface area contributed by atoms with E-state index in [0.29, 0.717) is 21.3 Å². The maximum absolute atomic E-state index is 12.3. The molecule has 0 atom stereocenters. The zero-order valence-corrected chi connectivity index (χ0v) is 12.7. The first-order chi connectivity index (χ1) is 10.0. The molecule has 0 bridgehead atoms. The summed E-state index contributed by atoms with van der Waals surface area (Å²) in [6, 6.07) is 6.69. The van der Waals surface area contributed by atoms with Gasteiger partial charge in [0, 0.05) is 20.3 Å². The van der Waals surface area contributed by atoms with E-state index in [-0.39, 0.29) is 5.91 Å². The smallest absolute Gasteiger partial charge is 0.348 e. The third-order valence-electron chi connectivity index (χ3n) is 2.68. The van der Waals surface area contributed by atoms with E-state index in [1.165, 1.54) is 7.11 Å². The standard InChI is InChI=1S/C14H15N3O3S/c1-17(2)12-9(5-4-8-15-12)13(18)16-11-7-6-10(21-11)14(19)20-3/h4-8H,1-3H3,(H,16,18). The molecule has 2 heterocycles. The van der Waals surface area contributed by atoms with Crippen molar-refractivity contribution in [2.45, 2.75) is 0 Å². The summed E-state index contributed by atoms with van der Waals surface area (Å²) in [6.07, 6.45) is 1.63. The third kappa shape index (κ3) is 3.38. The number of aromatic nitrogens is 1. The Morgan fingerprint density at radius 3 is 2.71 bits per heavy atom. The lowest BCUT2D eigenvalue weighted by atomic mass is 10.2. The number of nitrogens with one attached hydrogen (secondary N) is 1. The highest BCUT2D eigenvalue weighted by Crippen LogP contribution is 2.24. The van der Waals surface area contributed by atoms with Crippen molar-refractivity contribution in [3.05, 3.63) is 40.9 Å². The maximum Gasteiger partial charge on any atom is 0.348 e. The van der Waals surface area contributed by atoms with Gasteiger partial charge in [0.1, 0.15) is 10.7 Å². The van der Waals surface area contributed by atoms with Crippen molar-refractivity contribution in [2.24, 2.45) is 0 Å². The number of rotatable bonds is 4. The fraction of sp³-hybridized carbons (Fsp3) is 0.214. The van der Waals surface area contributed by atoms with E-state index in [1.54, 1.807) is 35.4 Å². The van der Waals surface area contributed by atoms with Crippen molar-refractivity contribution in [2.75, 3.05) is 31.4 Å². The second kappa shape index (κ2) is 6.36. The topological polar surface area (TPSA) is 71.5 Å². The number of hydrogen-bond donors (Lipinski definition) is 1. The summed E-state index contributed by atoms with van der Waals surface area (Å²) in [6.45, 7) is 0. The molecule has 2 aromatic rings. The van der Waals surface area contributed by atoms with Crippen molar-refractivity contribution in [1.29, 1.82) is 0 Å². The van der Waals surface area contributed by atoms with Crippen LogP contribution in [0.5, 0.6) is 0 Å². The van der Waals surface area contributed by atoms with Gasteiger partial charge >= 0.3 is 5.97 Å². The van der Waals surface area contributed by atoms with Gasteiger partial charge in [-0.15, -0.1) is 11.3 Å². The Morgan fingerprint density at radius 2 is 2.05 bits per heavy atom. The van der Waals surface area contributed by atoms with Gasteiger partial charge in [0.25, 0.3) is 5.91 Å². The molecule has 0 radical (unpaired) electrons. The summed E-state index contributed by atoms with van der Waals surface area (Å²) in [5, 5.41) is 3.34. The highest BCUT2D eigenvalue weighted by Gasteiger charge is 2.16. The Morgan fingerprint density at radius 1 is 1.29 bits per heavy atom. The first kappa shape index (κ1) is 15.0. The van der Waals surface area contributed by atoms with Crippen molar-refractivity contribution >= 4 is 34.0 Å². The van der Waals surface area contributed by atoms with Gasteiger partial charge in [-0.2, -0.15) is 0 Å². The molecule has 110 valence electrons. The van der Waals surface area contributed by atoms with Crippen LogP contribution < -0.4 is 10.2 Å². The zero-order valence-electron chi connectivity index (χ0n) is 11.9. The molecule has 2 aromatic heterocycles. The number of amides is 1. The summed E-state index contributed by atoms with van der Waals surface area (Å²) >= 11 is 1.16. The minimum atomic E-state index is -0.421. The minimum Gasteiger partial charge on any atom is -0.465 e. The predicted molar refractivity (Wildman–Crippen MR) is 82.2 cm³/mol. The van der Waals surface area contributed by atoms with Gasteiger partial charge in [0.15, 0.2) is 0 Å². The molecule has 0 spiro atoms. The number of hydrogen-bond acceptors (Lipinski definition) is 6. The van der Waals surface area contributed by atoms with Crippen LogP contribution in [0.15, 0.2) is 30.5 Å². The van der Waals surface area contributed by atoms with Crippen LogP contribution in [-0.2, 0) is 4.74 Å². The largest absolute Gasteiger partial charge is 0.465 e. The summed E-state index contributed by atoms with van der Waals surface area (Å²) < 4.78 is 4.63. The van der Waals surface area contributed by atoms with Gasteiger partial charge in [-0.3, -0.25) is 4.79 Å². The molecular formula is C14H15N3O3S. The van der Waals surface area contributed by atoms with Crippen LogP contribution in [-0.4, -0.2) is 38.1 Å². The number of carbonyl (C=O) groups is 2. The normalized spacial score (nSPS) is 10.0. The third-order valence-corrected chi connectivity index (χ3v) is 3.66. The molecule has 0 unspecified atom stereocenters. The predicted octanol–water partition coefficient (Wildman–Crippen LogP) is 2.25. The average Bonchev–Trinajstić information content (AvgIpc) is 2.94. The first-order valence-corrected chi connectivity index (χ1v) is 6.96. The molecule has 1 N–H and O–H groups in total. The van der Waals surface area contributed by atoms with Crippen LogP contribution in [0.25, 0.3) is 0 Å². The maximum atomic E-state index is 12.3. The number of thiophene rings is 1. The molecule has 21 heavy (non-hydrogen) atoms. The Kier molecular flexibility index (Phi) is 4.54. The molecular weight excluding hydrogens is 290 g/mol. The Hall–Kier alpha value is -2.41. The number of ether oxygens (including phenoxy) is 1. The molecule has 0 aromatic carbocycles. The van der Waals surface area contributed by atoms with Crippen molar-refractivity contribution in [3.63, 3.8) is 0 Å². The number of nitrogens with zero attached hydrogens (tertiary/aromatic N) is 2. The molecule has 7 heteroatoms. The lowest BCUT2D eigenvalue weighted by molar-refractivity contribution is 0.0606. The van der Waals surface area contributed by atoms with Gasteiger partial charge in [-0.1, -0.05) is 0 Å². The number of esters is 1. The van der Waals surface area contributed by atoms with Crippen molar-refractivity contribution < 1.29 is 14.3 Å². The van der Waals surface area contributed by atoms with Gasteiger partial charge < -0.3 is 15.0 Å². The Labute approximate surface area is 126 Å². The van der Waals surface area contributed by atoms with Crippen molar-refractivity contribution in [3.8, 4) is 0 Å². The highest BCUT2D eigenvalue weighted by atomic mass is 32.1. The van der Waals surface area contributed by atoms with Crippen LogP contribution >= 0.6 is 11.3 Å². The number of carbonyl (C=O) groups excluding carboxylic acids is 2. The van der Waals surface area contributed by atoms with Crippen LogP contribution in [0, 0.1) is 0 Å². The molecule has 0 aliphatic heterocycles. The van der Waals surface area contributed by atoms with E-state index in [2.05, 4.69) is 15.0 Å². The molecule has 0 aliphatic rings. The first-order valence-electron chi connectivity index (χ1n) is 6.14. The SMILES string of the molecule is COC(=O)c1ccc(NC(=O)c2cccnc2N(C)C)s1. The van der Waals surface area contributed by atoms with Gasteiger partial charge in [0.2, 0.25) is 0 Å². The lowest BCUT2D eigenvalue weighted by Crippen LogP contribution is -2.19. The fourth-order valence-electron chi connectivity index (χ4n) is 1.73. The second-order valence-electron chi connectivity index (χ2n) is 4.38. The summed E-state index contributed by atoms with van der Waals surface area (Å²) in [5.41, 5.74) is 0.468.